The average molecular weight is 290 g/mol. The molecule has 0 aromatic carbocycles. The van der Waals surface area contributed by atoms with Crippen molar-refractivity contribution < 1.29 is 8.42 Å². The summed E-state index contributed by atoms with van der Waals surface area (Å²) in [5, 5.41) is 3.54. The van der Waals surface area contributed by atoms with Crippen molar-refractivity contribution in [3.05, 3.63) is 0 Å². The second-order valence-electron chi connectivity index (χ2n) is 7.16. The Morgan fingerprint density at radius 2 is 1.89 bits per heavy atom. The van der Waals surface area contributed by atoms with Gasteiger partial charge in [0.05, 0.1) is 11.5 Å². The molecule has 1 N–H and O–H groups in total. The summed E-state index contributed by atoms with van der Waals surface area (Å²) in [5.74, 6) is 1.17. The molecular weight excluding hydrogens is 260 g/mol. The number of hydrogen-bond donors (Lipinski definition) is 1. The lowest BCUT2D eigenvalue weighted by atomic mass is 9.99. The summed E-state index contributed by atoms with van der Waals surface area (Å²) in [5.41, 5.74) is 0.0930. The van der Waals surface area contributed by atoms with Gasteiger partial charge < -0.3 is 5.32 Å². The molecule has 1 saturated heterocycles. The maximum Gasteiger partial charge on any atom is 0.151 e. The van der Waals surface area contributed by atoms with Gasteiger partial charge in [-0.15, -0.1) is 0 Å². The van der Waals surface area contributed by atoms with Gasteiger partial charge in [0.1, 0.15) is 0 Å². The minimum absolute atomic E-state index is 0.0930. The van der Waals surface area contributed by atoms with Crippen LogP contribution >= 0.6 is 0 Å². The van der Waals surface area contributed by atoms with E-state index in [1.54, 1.807) is 0 Å². The van der Waals surface area contributed by atoms with Gasteiger partial charge in [-0.25, -0.2) is 8.42 Å². The molecule has 5 heteroatoms. The third-order valence-corrected chi connectivity index (χ3v) is 5.67. The van der Waals surface area contributed by atoms with Gasteiger partial charge in [0.2, 0.25) is 0 Å². The SMILES string of the molecule is CC(C)C(CNC(C)(C)C)N(C)C1CCS(=O)(=O)C1. The second-order valence-corrected chi connectivity index (χ2v) is 9.39. The van der Waals surface area contributed by atoms with Crippen LogP contribution < -0.4 is 5.32 Å². The van der Waals surface area contributed by atoms with Crippen LogP contribution in [0, 0.1) is 5.92 Å². The van der Waals surface area contributed by atoms with Gasteiger partial charge in [0.25, 0.3) is 0 Å². The van der Waals surface area contributed by atoms with E-state index in [1.807, 2.05) is 0 Å². The van der Waals surface area contributed by atoms with Crippen LogP contribution in [0.1, 0.15) is 41.0 Å². The molecule has 1 heterocycles. The zero-order chi connectivity index (χ0) is 14.8. The van der Waals surface area contributed by atoms with Crippen molar-refractivity contribution >= 4 is 9.84 Å². The van der Waals surface area contributed by atoms with Gasteiger partial charge in [-0.3, -0.25) is 4.90 Å². The molecule has 1 aliphatic heterocycles. The summed E-state index contributed by atoms with van der Waals surface area (Å²) < 4.78 is 23.2. The summed E-state index contributed by atoms with van der Waals surface area (Å²) >= 11 is 0. The molecule has 0 bridgehead atoms. The van der Waals surface area contributed by atoms with Crippen LogP contribution in [-0.4, -0.2) is 56.0 Å². The Balaban J connectivity index is 2.66. The van der Waals surface area contributed by atoms with Crippen molar-refractivity contribution in [3.63, 3.8) is 0 Å². The molecule has 4 nitrogen and oxygen atoms in total. The van der Waals surface area contributed by atoms with Crippen molar-refractivity contribution in [1.29, 1.82) is 0 Å². The maximum absolute atomic E-state index is 11.6. The number of sulfone groups is 1. The van der Waals surface area contributed by atoms with Crippen molar-refractivity contribution in [3.8, 4) is 0 Å². The molecule has 0 aromatic heterocycles. The van der Waals surface area contributed by atoms with E-state index in [0.717, 1.165) is 13.0 Å². The zero-order valence-corrected chi connectivity index (χ0v) is 14.0. The van der Waals surface area contributed by atoms with E-state index in [4.69, 9.17) is 0 Å². The Labute approximate surface area is 118 Å². The number of likely N-dealkylation sites (N-methyl/N-ethyl adjacent to an activating group) is 1. The van der Waals surface area contributed by atoms with Crippen LogP contribution in [0.15, 0.2) is 0 Å². The lowest BCUT2D eigenvalue weighted by Crippen LogP contribution is -2.52. The Bertz CT molecular complexity index is 385. The third kappa shape index (κ3) is 5.40. The molecule has 2 unspecified atom stereocenters. The highest BCUT2D eigenvalue weighted by Crippen LogP contribution is 2.21. The lowest BCUT2D eigenvalue weighted by molar-refractivity contribution is 0.137. The van der Waals surface area contributed by atoms with Gasteiger partial charge in [0.15, 0.2) is 9.84 Å². The molecule has 0 saturated carbocycles. The van der Waals surface area contributed by atoms with Crippen LogP contribution in [0.3, 0.4) is 0 Å². The Hall–Kier alpha value is -0.130. The summed E-state index contributed by atoms with van der Waals surface area (Å²) in [6.45, 7) is 11.8. The van der Waals surface area contributed by atoms with E-state index < -0.39 is 9.84 Å². The molecule has 1 aliphatic rings. The largest absolute Gasteiger partial charge is 0.311 e. The molecule has 2 atom stereocenters. The van der Waals surface area contributed by atoms with Gasteiger partial charge in [0, 0.05) is 24.2 Å². The van der Waals surface area contributed by atoms with Crippen molar-refractivity contribution in [2.24, 2.45) is 5.92 Å². The van der Waals surface area contributed by atoms with Crippen LogP contribution in [0.2, 0.25) is 0 Å². The monoisotopic (exact) mass is 290 g/mol. The molecule has 1 fully saturated rings. The Morgan fingerprint density at radius 1 is 1.32 bits per heavy atom. The fraction of sp³-hybridized carbons (Fsp3) is 1.00. The first-order valence-electron chi connectivity index (χ1n) is 7.19. The van der Waals surface area contributed by atoms with Crippen molar-refractivity contribution in [1.82, 2.24) is 10.2 Å². The van der Waals surface area contributed by atoms with E-state index in [2.05, 4.69) is 51.9 Å². The second kappa shape index (κ2) is 6.10. The molecule has 114 valence electrons. The molecule has 0 radical (unpaired) electrons. The number of hydrogen-bond acceptors (Lipinski definition) is 4. The quantitative estimate of drug-likeness (QED) is 0.834. The maximum atomic E-state index is 11.6. The average Bonchev–Trinajstić information content (AvgIpc) is 2.56. The molecular formula is C14H30N2O2S. The van der Waals surface area contributed by atoms with E-state index >= 15 is 0 Å². The summed E-state index contributed by atoms with van der Waals surface area (Å²) in [6.07, 6.45) is 0.775. The molecule has 0 amide bonds. The lowest BCUT2D eigenvalue weighted by Gasteiger charge is -2.37. The smallest absolute Gasteiger partial charge is 0.151 e. The minimum atomic E-state index is -2.81. The van der Waals surface area contributed by atoms with E-state index in [-0.39, 0.29) is 11.6 Å². The van der Waals surface area contributed by atoms with Crippen molar-refractivity contribution in [2.75, 3.05) is 25.1 Å². The highest BCUT2D eigenvalue weighted by Gasteiger charge is 2.34. The number of nitrogens with one attached hydrogen (secondary N) is 1. The number of rotatable bonds is 5. The van der Waals surface area contributed by atoms with Gasteiger partial charge in [-0.2, -0.15) is 0 Å². The summed E-state index contributed by atoms with van der Waals surface area (Å²) in [6, 6.07) is 0.552. The van der Waals surface area contributed by atoms with Gasteiger partial charge in [-0.05, 0) is 40.2 Å². The van der Waals surface area contributed by atoms with E-state index in [9.17, 15) is 8.42 Å². The highest BCUT2D eigenvalue weighted by atomic mass is 32.2. The molecule has 1 rings (SSSR count). The standard InChI is InChI=1S/C14H30N2O2S/c1-11(2)13(9-15-14(3,4)5)16(6)12-7-8-19(17,18)10-12/h11-13,15H,7-10H2,1-6H3. The molecule has 19 heavy (non-hydrogen) atoms. The number of nitrogens with zero attached hydrogens (tertiary/aromatic N) is 1. The Morgan fingerprint density at radius 3 is 2.26 bits per heavy atom. The minimum Gasteiger partial charge on any atom is -0.311 e. The normalized spacial score (nSPS) is 25.2. The first kappa shape index (κ1) is 16.9. The van der Waals surface area contributed by atoms with E-state index in [0.29, 0.717) is 23.5 Å². The summed E-state index contributed by atoms with van der Waals surface area (Å²) in [4.78, 5) is 2.27. The highest BCUT2D eigenvalue weighted by molar-refractivity contribution is 7.91. The topological polar surface area (TPSA) is 49.4 Å². The fourth-order valence-corrected chi connectivity index (χ4v) is 4.41. The van der Waals surface area contributed by atoms with Crippen LogP contribution in [0.25, 0.3) is 0 Å². The van der Waals surface area contributed by atoms with E-state index in [1.165, 1.54) is 0 Å². The Kier molecular flexibility index (Phi) is 5.43. The fourth-order valence-electron chi connectivity index (χ4n) is 2.63. The van der Waals surface area contributed by atoms with Gasteiger partial charge in [-0.1, -0.05) is 13.8 Å². The predicted molar refractivity (Wildman–Crippen MR) is 81.2 cm³/mol. The molecule has 0 spiro atoms. The van der Waals surface area contributed by atoms with Crippen LogP contribution in [0.4, 0.5) is 0 Å². The molecule has 0 aliphatic carbocycles. The van der Waals surface area contributed by atoms with Crippen LogP contribution in [-0.2, 0) is 9.84 Å². The third-order valence-electron chi connectivity index (χ3n) is 3.92. The molecule has 0 aromatic rings. The first-order valence-corrected chi connectivity index (χ1v) is 9.01. The first-order chi connectivity index (χ1) is 8.52. The summed E-state index contributed by atoms with van der Waals surface area (Å²) in [7, 11) is -0.735. The van der Waals surface area contributed by atoms with Crippen LogP contribution in [0.5, 0.6) is 0 Å². The van der Waals surface area contributed by atoms with Gasteiger partial charge >= 0.3 is 0 Å². The zero-order valence-electron chi connectivity index (χ0n) is 13.2. The predicted octanol–water partition coefficient (Wildman–Crippen LogP) is 1.52. The van der Waals surface area contributed by atoms with Crippen molar-refractivity contribution in [2.45, 2.75) is 58.7 Å².